The Morgan fingerprint density at radius 2 is 0.288 bits per heavy atom. The molecular formula is C52H48MoP4S2+4. The van der Waals surface area contributed by atoms with Gasteiger partial charge in [0.05, 0.1) is 31.7 Å². The van der Waals surface area contributed by atoms with Crippen molar-refractivity contribution in [1.82, 2.24) is 0 Å². The SMILES string of the molecule is C(=C/[PH+](c1ccccc1)c1ccccc1)/[PH+](c1ccccc1)c1ccccc1.C(=C/[PH+](c1ccccc1)c1ccccc1)/[PH+](c1ccccc1)c1ccccc1.[Mo+4].[S-2].[S-2]. The molecule has 0 bridgehead atoms. The van der Waals surface area contributed by atoms with Gasteiger partial charge in [0.25, 0.3) is 0 Å². The summed E-state index contributed by atoms with van der Waals surface area (Å²) in [6.07, 6.45) is 0. The van der Waals surface area contributed by atoms with E-state index < -0.39 is 31.7 Å². The maximum atomic E-state index is 2.50. The molecule has 8 rings (SSSR count). The van der Waals surface area contributed by atoms with Crippen molar-refractivity contribution in [2.45, 2.75) is 0 Å². The monoisotopic (exact) mass is 958 g/mol. The third kappa shape index (κ3) is 14.2. The first-order valence-corrected chi connectivity index (χ1v) is 25.4. The van der Waals surface area contributed by atoms with Crippen molar-refractivity contribution >= 4 is 101 Å². The molecule has 7 heteroatoms. The van der Waals surface area contributed by atoms with E-state index in [1.807, 2.05) is 0 Å². The van der Waals surface area contributed by atoms with Gasteiger partial charge in [0.2, 0.25) is 0 Å². The number of hydrogen-bond acceptors (Lipinski definition) is 0. The van der Waals surface area contributed by atoms with Gasteiger partial charge in [-0.25, -0.2) is 0 Å². The molecule has 0 atom stereocenters. The van der Waals surface area contributed by atoms with Crippen LogP contribution >= 0.6 is 31.7 Å². The summed E-state index contributed by atoms with van der Waals surface area (Å²) in [4.78, 5) is 0. The molecule has 0 aliphatic carbocycles. The molecule has 0 saturated carbocycles. The second-order valence-corrected chi connectivity index (χ2v) is 22.5. The molecule has 0 unspecified atom stereocenters. The van der Waals surface area contributed by atoms with E-state index >= 15 is 0 Å². The fourth-order valence-corrected chi connectivity index (χ4v) is 16.7. The van der Waals surface area contributed by atoms with E-state index in [0.717, 1.165) is 0 Å². The summed E-state index contributed by atoms with van der Waals surface area (Å²) in [5.74, 6) is 10.0. The van der Waals surface area contributed by atoms with Gasteiger partial charge in [0, 0.05) is 0 Å². The Morgan fingerprint density at radius 1 is 0.186 bits per heavy atom. The average Bonchev–Trinajstić information content (AvgIpc) is 3.29. The van der Waals surface area contributed by atoms with E-state index in [0.29, 0.717) is 0 Å². The standard InChI is InChI=1S/2C26H22P2.Mo.2S/c2*1-5-13-23(14-6-1)27(24-15-7-2-8-16-24)21-22-28(25-17-9-3-10-18-25)26-19-11-4-12-20-26;;;/h2*1-22H;;;/q;;+4;2*-2/p+4/b2*22-21-;;;. The Hall–Kier alpha value is -3.65. The maximum absolute atomic E-state index is 2.50. The molecule has 0 radical (unpaired) electrons. The van der Waals surface area contributed by atoms with Gasteiger partial charge in [-0.1, -0.05) is 146 Å². The van der Waals surface area contributed by atoms with Crippen LogP contribution in [0.15, 0.2) is 266 Å². The summed E-state index contributed by atoms with van der Waals surface area (Å²) < 4.78 is 0. The molecule has 0 aliphatic rings. The van der Waals surface area contributed by atoms with Crippen molar-refractivity contribution in [2.75, 3.05) is 0 Å². The van der Waals surface area contributed by atoms with Gasteiger partial charge in [-0.3, -0.25) is 0 Å². The fourth-order valence-electron chi connectivity index (χ4n) is 6.71. The minimum absolute atomic E-state index is 0. The van der Waals surface area contributed by atoms with Crippen LogP contribution in [-0.2, 0) is 48.1 Å². The van der Waals surface area contributed by atoms with Gasteiger partial charge < -0.3 is 27.0 Å². The minimum Gasteiger partial charge on any atom is -2.00 e. The van der Waals surface area contributed by atoms with Gasteiger partial charge >= 0.3 is 21.1 Å². The Bertz CT molecular complexity index is 1860. The topological polar surface area (TPSA) is 0 Å². The van der Waals surface area contributed by atoms with E-state index in [-0.39, 0.29) is 48.1 Å². The van der Waals surface area contributed by atoms with E-state index in [2.05, 4.69) is 266 Å². The molecule has 0 spiro atoms. The van der Waals surface area contributed by atoms with E-state index in [9.17, 15) is 0 Å². The normalized spacial score (nSPS) is 10.8. The summed E-state index contributed by atoms with van der Waals surface area (Å²) in [7, 11) is -3.86. The number of benzene rings is 8. The van der Waals surface area contributed by atoms with Gasteiger partial charge in [0.1, 0.15) is 65.7 Å². The Balaban J connectivity index is 0.000000248. The quantitative estimate of drug-likeness (QED) is 0.0846. The second-order valence-electron chi connectivity index (χ2n) is 13.2. The molecule has 0 aliphatic heterocycles. The molecule has 8 aromatic rings. The molecular weight excluding hydrogens is 909 g/mol. The Kier molecular flexibility index (Phi) is 21.6. The van der Waals surface area contributed by atoms with Crippen LogP contribution in [0.4, 0.5) is 0 Å². The minimum atomic E-state index is -0.964. The van der Waals surface area contributed by atoms with Crippen LogP contribution in [0, 0.1) is 0 Å². The summed E-state index contributed by atoms with van der Waals surface area (Å²) >= 11 is 0. The van der Waals surface area contributed by atoms with E-state index in [1.165, 1.54) is 42.4 Å². The van der Waals surface area contributed by atoms with Gasteiger partial charge in [-0.2, -0.15) is 0 Å². The van der Waals surface area contributed by atoms with Crippen LogP contribution in [-0.4, -0.2) is 0 Å². The second kappa shape index (κ2) is 26.5. The third-order valence-electron chi connectivity index (χ3n) is 9.51. The van der Waals surface area contributed by atoms with E-state index in [1.54, 1.807) is 0 Å². The zero-order valence-electron chi connectivity index (χ0n) is 32.6. The van der Waals surface area contributed by atoms with Gasteiger partial charge in [-0.15, -0.1) is 0 Å². The predicted octanol–water partition coefficient (Wildman–Crippen LogP) is 10.4. The van der Waals surface area contributed by atoms with E-state index in [4.69, 9.17) is 0 Å². The molecule has 0 amide bonds. The third-order valence-corrected chi connectivity index (χ3v) is 19.8. The summed E-state index contributed by atoms with van der Waals surface area (Å²) in [6, 6.07) is 87.5. The summed E-state index contributed by atoms with van der Waals surface area (Å²) in [5.41, 5.74) is 0. The Morgan fingerprint density at radius 3 is 0.390 bits per heavy atom. The first-order valence-electron chi connectivity index (χ1n) is 19.1. The zero-order valence-corrected chi connectivity index (χ0v) is 40.3. The van der Waals surface area contributed by atoms with Crippen LogP contribution in [0.3, 0.4) is 0 Å². The van der Waals surface area contributed by atoms with Crippen LogP contribution in [0.2, 0.25) is 0 Å². The molecule has 290 valence electrons. The van der Waals surface area contributed by atoms with Crippen LogP contribution < -0.4 is 42.4 Å². The molecule has 0 N–H and O–H groups in total. The van der Waals surface area contributed by atoms with Gasteiger partial charge in [0.15, 0.2) is 0 Å². The molecule has 0 heterocycles. The van der Waals surface area contributed by atoms with Crippen LogP contribution in [0.25, 0.3) is 0 Å². The van der Waals surface area contributed by atoms with Crippen molar-refractivity contribution < 1.29 is 21.1 Å². The smallest absolute Gasteiger partial charge is 2.00 e. The average molecular weight is 957 g/mol. The molecule has 59 heavy (non-hydrogen) atoms. The van der Waals surface area contributed by atoms with Crippen molar-refractivity contribution in [2.24, 2.45) is 0 Å². The van der Waals surface area contributed by atoms with Gasteiger partial charge in [-0.05, 0) is 97.1 Å². The van der Waals surface area contributed by atoms with Crippen molar-refractivity contribution in [3.63, 3.8) is 0 Å². The first kappa shape index (κ1) is 48.0. The fraction of sp³-hybridized carbons (Fsp3) is 0. The van der Waals surface area contributed by atoms with Crippen molar-refractivity contribution in [1.29, 1.82) is 0 Å². The predicted molar refractivity (Wildman–Crippen MR) is 275 cm³/mol. The molecule has 0 nitrogen and oxygen atoms in total. The number of hydrogen-bond donors (Lipinski definition) is 0. The first-order chi connectivity index (χ1) is 27.8. The van der Waals surface area contributed by atoms with Crippen LogP contribution in [0.1, 0.15) is 0 Å². The molecule has 0 aromatic heterocycles. The van der Waals surface area contributed by atoms with Crippen molar-refractivity contribution in [3.05, 3.63) is 266 Å². The number of rotatable bonds is 12. The summed E-state index contributed by atoms with van der Waals surface area (Å²) in [5, 5.41) is 11.4. The zero-order chi connectivity index (χ0) is 38.0. The van der Waals surface area contributed by atoms with Crippen molar-refractivity contribution in [3.8, 4) is 0 Å². The molecule has 0 fully saturated rings. The molecule has 8 aromatic carbocycles. The summed E-state index contributed by atoms with van der Waals surface area (Å²) in [6.45, 7) is 0. The van der Waals surface area contributed by atoms with Crippen LogP contribution in [0.5, 0.6) is 0 Å². The largest absolute Gasteiger partial charge is 4.00 e. The maximum Gasteiger partial charge on any atom is 4.00 e. The Labute approximate surface area is 385 Å². The molecule has 0 saturated heterocycles.